The normalized spacial score (nSPS) is 37.5. The van der Waals surface area contributed by atoms with Crippen LogP contribution in [0, 0.1) is 17.8 Å². The van der Waals surface area contributed by atoms with Gasteiger partial charge in [0, 0.05) is 18.5 Å². The molecule has 2 aliphatic rings. The molecule has 0 aromatic carbocycles. The summed E-state index contributed by atoms with van der Waals surface area (Å²) in [5.74, 6) is 2.18. The first-order valence-corrected chi connectivity index (χ1v) is 5.40. The number of carbonyl (C=O) groups excluding carboxylic acids is 1. The highest BCUT2D eigenvalue weighted by molar-refractivity contribution is 5.78. The molecule has 1 saturated heterocycles. The molecule has 2 bridgehead atoms. The third-order valence-corrected chi connectivity index (χ3v) is 3.67. The van der Waals surface area contributed by atoms with Crippen molar-refractivity contribution >= 4 is 5.91 Å². The van der Waals surface area contributed by atoms with Crippen LogP contribution in [-0.2, 0) is 4.79 Å². The number of amides is 1. The molecule has 3 unspecified atom stereocenters. The van der Waals surface area contributed by atoms with Crippen molar-refractivity contribution in [2.24, 2.45) is 17.8 Å². The van der Waals surface area contributed by atoms with Gasteiger partial charge in [0.25, 0.3) is 0 Å². The molecule has 1 amide bonds. The molecule has 0 aromatic rings. The molecule has 2 nitrogen and oxygen atoms in total. The van der Waals surface area contributed by atoms with Gasteiger partial charge in [-0.2, -0.15) is 0 Å². The Balaban J connectivity index is 2.03. The maximum absolute atomic E-state index is 11.8. The van der Waals surface area contributed by atoms with E-state index in [2.05, 4.69) is 11.8 Å². The summed E-state index contributed by atoms with van der Waals surface area (Å²) < 4.78 is 0. The van der Waals surface area contributed by atoms with E-state index in [1.807, 2.05) is 13.8 Å². The summed E-state index contributed by atoms with van der Waals surface area (Å²) in [6, 6.07) is 0.579. The number of nitrogens with zero attached hydrogens (tertiary/aromatic N) is 1. The van der Waals surface area contributed by atoms with Crippen LogP contribution < -0.4 is 0 Å². The van der Waals surface area contributed by atoms with Crippen molar-refractivity contribution in [2.45, 2.75) is 39.7 Å². The predicted octanol–water partition coefficient (Wildman–Crippen LogP) is 1.90. The molecule has 0 N–H and O–H groups in total. The van der Waals surface area contributed by atoms with Gasteiger partial charge in [-0.05, 0) is 24.7 Å². The fourth-order valence-corrected chi connectivity index (χ4v) is 2.81. The van der Waals surface area contributed by atoms with Gasteiger partial charge in [-0.25, -0.2) is 0 Å². The van der Waals surface area contributed by atoms with Gasteiger partial charge in [-0.3, -0.25) is 4.79 Å². The first-order valence-electron chi connectivity index (χ1n) is 5.40. The van der Waals surface area contributed by atoms with E-state index in [9.17, 15) is 4.79 Å². The third-order valence-electron chi connectivity index (χ3n) is 3.67. The van der Waals surface area contributed by atoms with E-state index in [1.54, 1.807) is 0 Å². The monoisotopic (exact) mass is 181 g/mol. The van der Waals surface area contributed by atoms with Crippen molar-refractivity contribution in [1.82, 2.24) is 4.90 Å². The van der Waals surface area contributed by atoms with Crippen LogP contribution in [0.1, 0.15) is 33.6 Å². The second-order valence-corrected chi connectivity index (χ2v) is 5.01. The Morgan fingerprint density at radius 2 is 2.08 bits per heavy atom. The predicted molar refractivity (Wildman–Crippen MR) is 52.2 cm³/mol. The van der Waals surface area contributed by atoms with Gasteiger partial charge in [-0.1, -0.05) is 20.8 Å². The second kappa shape index (κ2) is 3.00. The van der Waals surface area contributed by atoms with Crippen LogP contribution in [0.5, 0.6) is 0 Å². The quantitative estimate of drug-likeness (QED) is 0.605. The van der Waals surface area contributed by atoms with Crippen molar-refractivity contribution < 1.29 is 4.79 Å². The zero-order valence-corrected chi connectivity index (χ0v) is 8.79. The van der Waals surface area contributed by atoms with Crippen molar-refractivity contribution in [2.75, 3.05) is 6.54 Å². The largest absolute Gasteiger partial charge is 0.339 e. The molecule has 13 heavy (non-hydrogen) atoms. The number of likely N-dealkylation sites (tertiary alicyclic amines) is 1. The van der Waals surface area contributed by atoms with E-state index in [0.29, 0.717) is 11.9 Å². The minimum Gasteiger partial charge on any atom is -0.339 e. The van der Waals surface area contributed by atoms with E-state index < -0.39 is 0 Å². The maximum Gasteiger partial charge on any atom is 0.225 e. The van der Waals surface area contributed by atoms with Gasteiger partial charge in [-0.15, -0.1) is 0 Å². The molecule has 74 valence electrons. The highest BCUT2D eigenvalue weighted by Crippen LogP contribution is 2.42. The van der Waals surface area contributed by atoms with Crippen LogP contribution in [0.4, 0.5) is 0 Å². The number of hydrogen-bond donors (Lipinski definition) is 0. The molecule has 3 atom stereocenters. The van der Waals surface area contributed by atoms with Crippen LogP contribution in [-0.4, -0.2) is 23.4 Å². The first kappa shape index (κ1) is 9.04. The standard InChI is InChI=1S/C11H19NO/c1-7(2)11(13)12-6-9-5-10(12)4-8(9)3/h7-10H,4-6H2,1-3H3. The lowest BCUT2D eigenvalue weighted by Gasteiger charge is -2.31. The summed E-state index contributed by atoms with van der Waals surface area (Å²) in [4.78, 5) is 13.9. The summed E-state index contributed by atoms with van der Waals surface area (Å²) in [5.41, 5.74) is 0. The zero-order chi connectivity index (χ0) is 9.59. The van der Waals surface area contributed by atoms with Crippen LogP contribution in [0.2, 0.25) is 0 Å². The third kappa shape index (κ3) is 1.36. The summed E-state index contributed by atoms with van der Waals surface area (Å²) in [5, 5.41) is 0. The lowest BCUT2D eigenvalue weighted by Crippen LogP contribution is -2.41. The van der Waals surface area contributed by atoms with Gasteiger partial charge >= 0.3 is 0 Å². The van der Waals surface area contributed by atoms with Gasteiger partial charge in [0.2, 0.25) is 5.91 Å². The minimum atomic E-state index is 0.176. The Morgan fingerprint density at radius 1 is 1.38 bits per heavy atom. The van der Waals surface area contributed by atoms with Gasteiger partial charge < -0.3 is 4.90 Å². The number of carbonyl (C=O) groups is 1. The Morgan fingerprint density at radius 3 is 2.46 bits per heavy atom. The molecular formula is C11H19NO. The Hall–Kier alpha value is -0.530. The van der Waals surface area contributed by atoms with Gasteiger partial charge in [0.05, 0.1) is 0 Å². The van der Waals surface area contributed by atoms with E-state index in [-0.39, 0.29) is 5.92 Å². The number of piperidine rings is 1. The Bertz CT molecular complexity index is 222. The fourth-order valence-electron chi connectivity index (χ4n) is 2.81. The summed E-state index contributed by atoms with van der Waals surface area (Å²) in [6.45, 7) is 7.35. The second-order valence-electron chi connectivity index (χ2n) is 5.01. The van der Waals surface area contributed by atoms with E-state index in [1.165, 1.54) is 12.8 Å². The smallest absolute Gasteiger partial charge is 0.225 e. The van der Waals surface area contributed by atoms with Gasteiger partial charge in [0.15, 0.2) is 0 Å². The summed E-state index contributed by atoms with van der Waals surface area (Å²) in [6.07, 6.45) is 2.50. The van der Waals surface area contributed by atoms with E-state index >= 15 is 0 Å². The maximum atomic E-state index is 11.8. The molecule has 2 heteroatoms. The number of hydrogen-bond acceptors (Lipinski definition) is 1. The molecule has 0 spiro atoms. The molecule has 0 aromatic heterocycles. The van der Waals surface area contributed by atoms with Crippen LogP contribution in [0.3, 0.4) is 0 Å². The highest BCUT2D eigenvalue weighted by atomic mass is 16.2. The Kier molecular flexibility index (Phi) is 2.09. The fraction of sp³-hybridized carbons (Fsp3) is 0.909. The van der Waals surface area contributed by atoms with E-state index in [4.69, 9.17) is 0 Å². The molecule has 2 rings (SSSR count). The number of fused-ring (bicyclic) bond motifs is 2. The summed E-state index contributed by atoms with van der Waals surface area (Å²) in [7, 11) is 0. The Labute approximate surface area is 80.3 Å². The van der Waals surface area contributed by atoms with Crippen LogP contribution in [0.15, 0.2) is 0 Å². The average Bonchev–Trinajstić information content (AvgIpc) is 2.60. The SMILES string of the molecule is CC(C)C(=O)N1CC2CC1CC2C. The molecule has 1 heterocycles. The molecule has 2 fully saturated rings. The van der Waals surface area contributed by atoms with Crippen LogP contribution >= 0.6 is 0 Å². The van der Waals surface area contributed by atoms with Crippen molar-refractivity contribution in [1.29, 1.82) is 0 Å². The zero-order valence-electron chi connectivity index (χ0n) is 8.79. The molecule has 1 aliphatic heterocycles. The molecule has 0 radical (unpaired) electrons. The van der Waals surface area contributed by atoms with Crippen molar-refractivity contribution in [3.05, 3.63) is 0 Å². The van der Waals surface area contributed by atoms with Crippen molar-refractivity contribution in [3.63, 3.8) is 0 Å². The highest BCUT2D eigenvalue weighted by Gasteiger charge is 2.44. The van der Waals surface area contributed by atoms with Gasteiger partial charge in [0.1, 0.15) is 0 Å². The summed E-state index contributed by atoms with van der Waals surface area (Å²) >= 11 is 0. The molecule has 1 aliphatic carbocycles. The van der Waals surface area contributed by atoms with Crippen molar-refractivity contribution in [3.8, 4) is 0 Å². The van der Waals surface area contributed by atoms with Crippen LogP contribution in [0.25, 0.3) is 0 Å². The number of rotatable bonds is 1. The molecule has 1 saturated carbocycles. The average molecular weight is 181 g/mol. The van der Waals surface area contributed by atoms with E-state index in [0.717, 1.165) is 18.4 Å². The lowest BCUT2D eigenvalue weighted by atomic mass is 9.96. The first-order chi connectivity index (χ1) is 6.09. The minimum absolute atomic E-state index is 0.176. The molecular weight excluding hydrogens is 162 g/mol. The topological polar surface area (TPSA) is 20.3 Å². The lowest BCUT2D eigenvalue weighted by molar-refractivity contribution is -0.136.